The number of hydrogen-bond acceptors (Lipinski definition) is 4. The van der Waals surface area contributed by atoms with Gasteiger partial charge in [0.1, 0.15) is 11.5 Å². The van der Waals surface area contributed by atoms with Crippen LogP contribution in [0, 0.1) is 0 Å². The summed E-state index contributed by atoms with van der Waals surface area (Å²) in [4.78, 5) is 19.7. The minimum Gasteiger partial charge on any atom is -0.457 e. The van der Waals surface area contributed by atoms with Crippen molar-refractivity contribution in [3.8, 4) is 11.3 Å². The maximum Gasteiger partial charge on any atom is 0.266 e. The van der Waals surface area contributed by atoms with Gasteiger partial charge in [-0.2, -0.15) is 0 Å². The van der Waals surface area contributed by atoms with Gasteiger partial charge in [0.05, 0.1) is 20.6 Å². The van der Waals surface area contributed by atoms with Gasteiger partial charge in [0.2, 0.25) is 0 Å². The van der Waals surface area contributed by atoms with Crippen molar-refractivity contribution in [1.82, 2.24) is 4.90 Å². The Hall–Kier alpha value is -1.51. The Balaban J connectivity index is 1.62. The van der Waals surface area contributed by atoms with Crippen LogP contribution in [-0.2, 0) is 4.79 Å². The molecule has 0 bridgehead atoms. The zero-order valence-corrected chi connectivity index (χ0v) is 21.5. The molecule has 0 aliphatic carbocycles. The standard InChI is InChI=1S/C22H14Br2Cl2N2O2S/c1-2-28-21(29)20(31-22(28)27-13-4-7-16(24)18(26)10-13)11-14-5-8-19(30-14)12-3-6-15(23)17(25)9-12/h3-11H,2H2,1H3/b20-11-,27-22?. The molecule has 0 N–H and O–H groups in total. The molecule has 1 aliphatic heterocycles. The van der Waals surface area contributed by atoms with Crippen molar-refractivity contribution >= 4 is 89.7 Å². The third-order valence-corrected chi connectivity index (χ3v) is 7.91. The fourth-order valence-electron chi connectivity index (χ4n) is 2.90. The van der Waals surface area contributed by atoms with Crippen molar-refractivity contribution in [2.24, 2.45) is 4.99 Å². The maximum atomic E-state index is 12.9. The van der Waals surface area contributed by atoms with Crippen LogP contribution in [0.1, 0.15) is 12.7 Å². The number of halogens is 4. The summed E-state index contributed by atoms with van der Waals surface area (Å²) in [5, 5.41) is 1.76. The molecule has 0 radical (unpaired) electrons. The summed E-state index contributed by atoms with van der Waals surface area (Å²) in [6.07, 6.45) is 1.73. The normalized spacial score (nSPS) is 16.7. The fourth-order valence-corrected chi connectivity index (χ4v) is 4.79. The van der Waals surface area contributed by atoms with Crippen LogP contribution in [0.25, 0.3) is 17.4 Å². The van der Waals surface area contributed by atoms with Gasteiger partial charge in [0.25, 0.3) is 5.91 Å². The van der Waals surface area contributed by atoms with Crippen LogP contribution in [0.2, 0.25) is 10.0 Å². The van der Waals surface area contributed by atoms with Crippen LogP contribution in [0.15, 0.2) is 71.8 Å². The highest BCUT2D eigenvalue weighted by atomic mass is 79.9. The van der Waals surface area contributed by atoms with Gasteiger partial charge in [0.15, 0.2) is 5.17 Å². The van der Waals surface area contributed by atoms with E-state index in [4.69, 9.17) is 27.6 Å². The molecule has 1 saturated heterocycles. The van der Waals surface area contributed by atoms with Gasteiger partial charge in [-0.1, -0.05) is 29.3 Å². The van der Waals surface area contributed by atoms with E-state index in [1.807, 2.05) is 49.4 Å². The minimum atomic E-state index is -0.112. The zero-order chi connectivity index (χ0) is 22.1. The van der Waals surface area contributed by atoms with E-state index in [1.54, 1.807) is 17.0 Å². The van der Waals surface area contributed by atoms with Crippen molar-refractivity contribution in [1.29, 1.82) is 0 Å². The number of carbonyl (C=O) groups is 1. The number of hydrogen-bond donors (Lipinski definition) is 0. The van der Waals surface area contributed by atoms with Crippen LogP contribution in [-0.4, -0.2) is 22.5 Å². The summed E-state index contributed by atoms with van der Waals surface area (Å²) in [5.41, 5.74) is 1.53. The largest absolute Gasteiger partial charge is 0.457 e. The molecule has 2 aromatic carbocycles. The number of likely N-dealkylation sites (N-methyl/N-ethyl adjacent to an activating group) is 1. The molecular formula is C22H14Br2Cl2N2O2S. The van der Waals surface area contributed by atoms with E-state index >= 15 is 0 Å². The van der Waals surface area contributed by atoms with Crippen LogP contribution >= 0.6 is 66.8 Å². The van der Waals surface area contributed by atoms with Crippen LogP contribution in [0.5, 0.6) is 0 Å². The van der Waals surface area contributed by atoms with Gasteiger partial charge in [0, 0.05) is 27.1 Å². The number of amides is 1. The van der Waals surface area contributed by atoms with Crippen molar-refractivity contribution in [3.63, 3.8) is 0 Å². The number of amidine groups is 1. The smallest absolute Gasteiger partial charge is 0.266 e. The molecule has 0 atom stereocenters. The highest BCUT2D eigenvalue weighted by Gasteiger charge is 2.32. The van der Waals surface area contributed by atoms with E-state index in [-0.39, 0.29) is 5.91 Å². The number of aliphatic imine (C=N–C) groups is 1. The summed E-state index contributed by atoms with van der Waals surface area (Å²) in [5.74, 6) is 1.13. The molecule has 0 saturated carbocycles. The molecule has 2 heterocycles. The molecule has 1 aromatic heterocycles. The summed E-state index contributed by atoms with van der Waals surface area (Å²) in [6, 6.07) is 14.7. The molecule has 1 fully saturated rings. The molecular weight excluding hydrogens is 587 g/mol. The first kappa shape index (κ1) is 22.7. The predicted molar refractivity (Wildman–Crippen MR) is 136 cm³/mol. The van der Waals surface area contributed by atoms with E-state index in [9.17, 15) is 4.79 Å². The van der Waals surface area contributed by atoms with Gasteiger partial charge in [-0.25, -0.2) is 4.99 Å². The van der Waals surface area contributed by atoms with E-state index in [1.165, 1.54) is 11.8 Å². The lowest BCUT2D eigenvalue weighted by Crippen LogP contribution is -2.28. The first-order valence-electron chi connectivity index (χ1n) is 9.16. The second-order valence-electron chi connectivity index (χ2n) is 6.48. The maximum absolute atomic E-state index is 12.9. The van der Waals surface area contributed by atoms with E-state index in [0.29, 0.717) is 43.9 Å². The first-order valence-corrected chi connectivity index (χ1v) is 12.3. The minimum absolute atomic E-state index is 0.112. The van der Waals surface area contributed by atoms with Gasteiger partial charge >= 0.3 is 0 Å². The number of thioether (sulfide) groups is 1. The van der Waals surface area contributed by atoms with Crippen molar-refractivity contribution in [2.75, 3.05) is 6.54 Å². The molecule has 4 nitrogen and oxygen atoms in total. The number of nitrogens with zero attached hydrogens (tertiary/aromatic N) is 2. The molecule has 0 spiro atoms. The van der Waals surface area contributed by atoms with Crippen molar-refractivity contribution in [2.45, 2.75) is 6.92 Å². The number of benzene rings is 2. The SMILES string of the molecule is CCN1C(=O)/C(=C/c2ccc(-c3ccc(Br)c(Cl)c3)o2)SC1=Nc1ccc(Br)c(Cl)c1. The second-order valence-corrected chi connectivity index (χ2v) is 10.0. The molecule has 1 aliphatic rings. The molecule has 158 valence electrons. The molecule has 31 heavy (non-hydrogen) atoms. The van der Waals surface area contributed by atoms with Crippen LogP contribution < -0.4 is 0 Å². The van der Waals surface area contributed by atoms with E-state index < -0.39 is 0 Å². The van der Waals surface area contributed by atoms with E-state index in [0.717, 1.165) is 14.5 Å². The summed E-state index contributed by atoms with van der Waals surface area (Å²) >= 11 is 20.4. The monoisotopic (exact) mass is 598 g/mol. The zero-order valence-electron chi connectivity index (χ0n) is 16.0. The Morgan fingerprint density at radius 1 is 1.06 bits per heavy atom. The molecule has 4 rings (SSSR count). The van der Waals surface area contributed by atoms with Crippen LogP contribution in [0.3, 0.4) is 0 Å². The highest BCUT2D eigenvalue weighted by Crippen LogP contribution is 2.36. The molecule has 1 amide bonds. The number of carbonyl (C=O) groups excluding carboxylic acids is 1. The fraction of sp³-hybridized carbons (Fsp3) is 0.0909. The van der Waals surface area contributed by atoms with Gasteiger partial charge in [-0.05, 0) is 93.0 Å². The second kappa shape index (κ2) is 9.55. The Kier molecular flexibility index (Phi) is 6.98. The molecule has 3 aromatic rings. The van der Waals surface area contributed by atoms with Gasteiger partial charge in [-0.15, -0.1) is 0 Å². The Morgan fingerprint density at radius 2 is 1.77 bits per heavy atom. The summed E-state index contributed by atoms with van der Waals surface area (Å²) in [6.45, 7) is 2.42. The van der Waals surface area contributed by atoms with Gasteiger partial charge in [-0.3, -0.25) is 9.69 Å². The Labute approximate surface area is 210 Å². The first-order chi connectivity index (χ1) is 14.9. The quantitative estimate of drug-likeness (QED) is 0.283. The summed E-state index contributed by atoms with van der Waals surface area (Å²) in [7, 11) is 0. The molecule has 0 unspecified atom stereocenters. The third kappa shape index (κ3) is 4.96. The lowest BCUT2D eigenvalue weighted by molar-refractivity contribution is -0.122. The van der Waals surface area contributed by atoms with Crippen molar-refractivity contribution in [3.05, 3.63) is 78.2 Å². The van der Waals surface area contributed by atoms with Gasteiger partial charge < -0.3 is 4.42 Å². The average Bonchev–Trinajstić information content (AvgIpc) is 3.32. The lowest BCUT2D eigenvalue weighted by Gasteiger charge is -2.12. The number of furan rings is 1. The van der Waals surface area contributed by atoms with Crippen molar-refractivity contribution < 1.29 is 9.21 Å². The van der Waals surface area contributed by atoms with Crippen LogP contribution in [0.4, 0.5) is 5.69 Å². The average molecular weight is 601 g/mol. The third-order valence-electron chi connectivity index (χ3n) is 4.44. The van der Waals surface area contributed by atoms with E-state index in [2.05, 4.69) is 36.9 Å². The topological polar surface area (TPSA) is 45.8 Å². The Morgan fingerprint density at radius 3 is 2.45 bits per heavy atom. The summed E-state index contributed by atoms with van der Waals surface area (Å²) < 4.78 is 7.54. The Bertz CT molecular complexity index is 1240. The lowest BCUT2D eigenvalue weighted by atomic mass is 10.2. The predicted octanol–water partition coefficient (Wildman–Crippen LogP) is 8.40. The number of rotatable bonds is 4. The highest BCUT2D eigenvalue weighted by molar-refractivity contribution is 9.10. The molecule has 9 heteroatoms.